The number of pyridine rings is 2. The zero-order valence-corrected chi connectivity index (χ0v) is 15.9. The van der Waals surface area contributed by atoms with Gasteiger partial charge >= 0.3 is 0 Å². The molecule has 1 aliphatic heterocycles. The molecule has 0 amide bonds. The monoisotopic (exact) mass is 373 g/mol. The zero-order chi connectivity index (χ0) is 18.9. The smallest absolute Gasteiger partial charge is 0.137 e. The lowest BCUT2D eigenvalue weighted by molar-refractivity contribution is 0.0884. The number of nitrogens with zero attached hydrogens (tertiary/aromatic N) is 5. The Morgan fingerprint density at radius 1 is 1.11 bits per heavy atom. The van der Waals surface area contributed by atoms with Crippen LogP contribution in [0.1, 0.15) is 17.3 Å². The van der Waals surface area contributed by atoms with Crippen molar-refractivity contribution in [2.24, 2.45) is 0 Å². The van der Waals surface area contributed by atoms with Gasteiger partial charge in [-0.2, -0.15) is 0 Å². The molecule has 0 aromatic carbocycles. The van der Waals surface area contributed by atoms with Crippen molar-refractivity contribution >= 4 is 5.65 Å². The summed E-state index contributed by atoms with van der Waals surface area (Å²) in [6.45, 7) is 3.94. The number of likely N-dealkylation sites (N-methyl/N-ethyl adjacent to an activating group) is 1. The van der Waals surface area contributed by atoms with Crippen molar-refractivity contribution < 1.29 is 4.42 Å². The molecule has 28 heavy (non-hydrogen) atoms. The standard InChI is InChI=1S/C22H23N5O/c1-25-10-11-26(13-17-7-12-28-16-17)15-21(25)19-14-27-20(3-2-4-22(27)24-19)18-5-8-23-9-6-18/h2-9,12,14,16,21H,10-11,13,15H2,1H3/t21-/m1/s1. The molecule has 0 bridgehead atoms. The molecule has 142 valence electrons. The van der Waals surface area contributed by atoms with Crippen molar-refractivity contribution in [2.45, 2.75) is 12.6 Å². The maximum Gasteiger partial charge on any atom is 0.137 e. The molecule has 4 aromatic heterocycles. The first-order valence-corrected chi connectivity index (χ1v) is 9.60. The van der Waals surface area contributed by atoms with Crippen LogP contribution >= 0.6 is 0 Å². The Morgan fingerprint density at radius 2 is 2.00 bits per heavy atom. The number of hydrogen-bond acceptors (Lipinski definition) is 5. The molecule has 0 spiro atoms. The molecule has 0 unspecified atom stereocenters. The van der Waals surface area contributed by atoms with E-state index in [-0.39, 0.29) is 6.04 Å². The van der Waals surface area contributed by atoms with Crippen LogP contribution in [0.4, 0.5) is 0 Å². The van der Waals surface area contributed by atoms with Crippen molar-refractivity contribution in [3.8, 4) is 11.3 Å². The van der Waals surface area contributed by atoms with E-state index >= 15 is 0 Å². The van der Waals surface area contributed by atoms with E-state index in [9.17, 15) is 0 Å². The Morgan fingerprint density at radius 3 is 2.82 bits per heavy atom. The summed E-state index contributed by atoms with van der Waals surface area (Å²) in [5.74, 6) is 0. The van der Waals surface area contributed by atoms with Crippen LogP contribution in [-0.2, 0) is 6.54 Å². The second kappa shape index (κ2) is 7.22. The highest BCUT2D eigenvalue weighted by Gasteiger charge is 2.28. The van der Waals surface area contributed by atoms with Crippen LogP contribution in [0.3, 0.4) is 0 Å². The molecule has 1 atom stereocenters. The second-order valence-electron chi connectivity index (χ2n) is 7.40. The van der Waals surface area contributed by atoms with Crippen LogP contribution in [0.5, 0.6) is 0 Å². The highest BCUT2D eigenvalue weighted by Crippen LogP contribution is 2.27. The van der Waals surface area contributed by atoms with E-state index in [1.54, 1.807) is 6.26 Å². The predicted octanol–water partition coefficient (Wildman–Crippen LogP) is 3.48. The van der Waals surface area contributed by atoms with Crippen LogP contribution in [-0.4, -0.2) is 50.9 Å². The molecule has 1 saturated heterocycles. The maximum absolute atomic E-state index is 5.23. The van der Waals surface area contributed by atoms with Gasteiger partial charge in [0.05, 0.1) is 30.0 Å². The van der Waals surface area contributed by atoms with E-state index in [1.165, 1.54) is 5.56 Å². The quantitative estimate of drug-likeness (QED) is 0.548. The van der Waals surface area contributed by atoms with Gasteiger partial charge in [0.25, 0.3) is 0 Å². The average Bonchev–Trinajstić information content (AvgIpc) is 3.39. The molecule has 0 saturated carbocycles. The van der Waals surface area contributed by atoms with Gasteiger partial charge in [-0.3, -0.25) is 19.2 Å². The third-order valence-corrected chi connectivity index (χ3v) is 5.55. The number of piperazine rings is 1. The Hall–Kier alpha value is -2.96. The number of imidazole rings is 1. The van der Waals surface area contributed by atoms with Crippen molar-refractivity contribution in [1.29, 1.82) is 0 Å². The molecule has 5 rings (SSSR count). The molecule has 6 heteroatoms. The number of furan rings is 1. The minimum Gasteiger partial charge on any atom is -0.472 e. The Balaban J connectivity index is 1.46. The second-order valence-corrected chi connectivity index (χ2v) is 7.40. The van der Waals surface area contributed by atoms with Gasteiger partial charge in [-0.15, -0.1) is 0 Å². The summed E-state index contributed by atoms with van der Waals surface area (Å²) in [5, 5.41) is 0. The lowest BCUT2D eigenvalue weighted by atomic mass is 10.1. The highest BCUT2D eigenvalue weighted by atomic mass is 16.3. The number of aromatic nitrogens is 3. The molecule has 1 aliphatic rings. The first-order valence-electron chi connectivity index (χ1n) is 9.60. The third-order valence-electron chi connectivity index (χ3n) is 5.55. The van der Waals surface area contributed by atoms with E-state index in [0.717, 1.165) is 48.8 Å². The minimum absolute atomic E-state index is 0.269. The van der Waals surface area contributed by atoms with E-state index in [0.29, 0.717) is 0 Å². The molecule has 4 aromatic rings. The van der Waals surface area contributed by atoms with Crippen LogP contribution in [0, 0.1) is 0 Å². The fourth-order valence-corrected chi connectivity index (χ4v) is 3.98. The molecule has 6 nitrogen and oxygen atoms in total. The largest absolute Gasteiger partial charge is 0.472 e. The first kappa shape index (κ1) is 17.2. The van der Waals surface area contributed by atoms with Crippen molar-refractivity contribution in [1.82, 2.24) is 24.2 Å². The topological polar surface area (TPSA) is 49.8 Å². The fourth-order valence-electron chi connectivity index (χ4n) is 3.98. The molecule has 5 heterocycles. The Bertz CT molecular complexity index is 1060. The normalized spacial score (nSPS) is 18.7. The predicted molar refractivity (Wildman–Crippen MR) is 108 cm³/mol. The van der Waals surface area contributed by atoms with Crippen molar-refractivity contribution in [3.05, 3.63) is 78.8 Å². The van der Waals surface area contributed by atoms with Gasteiger partial charge < -0.3 is 4.42 Å². The Kier molecular flexibility index (Phi) is 4.43. The van der Waals surface area contributed by atoms with E-state index in [2.05, 4.69) is 50.6 Å². The summed E-state index contributed by atoms with van der Waals surface area (Å²) in [5.41, 5.74) is 5.58. The molecular formula is C22H23N5O. The molecule has 1 fully saturated rings. The number of hydrogen-bond donors (Lipinski definition) is 0. The lowest BCUT2D eigenvalue weighted by Gasteiger charge is -2.38. The SMILES string of the molecule is CN1CCN(Cc2ccoc2)C[C@@H]1c1cn2c(-c3ccncc3)cccc2n1. The summed E-state index contributed by atoms with van der Waals surface area (Å²) >= 11 is 0. The van der Waals surface area contributed by atoms with E-state index in [1.807, 2.05) is 36.9 Å². The van der Waals surface area contributed by atoms with Crippen LogP contribution in [0.15, 0.2) is 71.9 Å². The van der Waals surface area contributed by atoms with E-state index in [4.69, 9.17) is 9.40 Å². The van der Waals surface area contributed by atoms with Gasteiger partial charge in [0.2, 0.25) is 0 Å². The number of rotatable bonds is 4. The molecule has 0 aliphatic carbocycles. The fraction of sp³-hybridized carbons (Fsp3) is 0.273. The van der Waals surface area contributed by atoms with Gasteiger partial charge in [-0.05, 0) is 37.4 Å². The van der Waals surface area contributed by atoms with Gasteiger partial charge in [-0.25, -0.2) is 4.98 Å². The maximum atomic E-state index is 5.23. The van der Waals surface area contributed by atoms with Gasteiger partial charge in [0.15, 0.2) is 0 Å². The highest BCUT2D eigenvalue weighted by molar-refractivity contribution is 5.63. The molecule has 0 N–H and O–H groups in total. The minimum atomic E-state index is 0.269. The van der Waals surface area contributed by atoms with Crippen LogP contribution in [0.2, 0.25) is 0 Å². The zero-order valence-electron chi connectivity index (χ0n) is 15.9. The van der Waals surface area contributed by atoms with Gasteiger partial charge in [-0.1, -0.05) is 6.07 Å². The molecular weight excluding hydrogens is 350 g/mol. The summed E-state index contributed by atoms with van der Waals surface area (Å²) in [6, 6.07) is 12.6. The van der Waals surface area contributed by atoms with Crippen LogP contribution < -0.4 is 0 Å². The first-order chi connectivity index (χ1) is 13.8. The summed E-state index contributed by atoms with van der Waals surface area (Å²) < 4.78 is 7.41. The Labute approximate surface area is 164 Å². The van der Waals surface area contributed by atoms with Gasteiger partial charge in [0.1, 0.15) is 5.65 Å². The number of fused-ring (bicyclic) bond motifs is 1. The van der Waals surface area contributed by atoms with Crippen LogP contribution in [0.25, 0.3) is 16.9 Å². The van der Waals surface area contributed by atoms with Gasteiger partial charge in [0, 0.05) is 55.9 Å². The molecule has 0 radical (unpaired) electrons. The summed E-state index contributed by atoms with van der Waals surface area (Å²) in [4.78, 5) is 14.0. The lowest BCUT2D eigenvalue weighted by Crippen LogP contribution is -2.46. The van der Waals surface area contributed by atoms with Crippen molar-refractivity contribution in [3.63, 3.8) is 0 Å². The average molecular weight is 373 g/mol. The third kappa shape index (κ3) is 3.21. The van der Waals surface area contributed by atoms with E-state index < -0.39 is 0 Å². The van der Waals surface area contributed by atoms with Crippen molar-refractivity contribution in [2.75, 3.05) is 26.7 Å². The summed E-state index contributed by atoms with van der Waals surface area (Å²) in [7, 11) is 2.19. The summed E-state index contributed by atoms with van der Waals surface area (Å²) in [6.07, 6.45) is 9.42.